The minimum atomic E-state index is -0.189. The fourth-order valence-electron chi connectivity index (χ4n) is 4.31. The smallest absolute Gasteiger partial charge is 0.258 e. The number of nitrogens with one attached hydrogen (secondary N) is 2. The van der Waals surface area contributed by atoms with E-state index in [1.807, 2.05) is 65.6 Å². The number of amides is 2. The summed E-state index contributed by atoms with van der Waals surface area (Å²) in [6, 6.07) is 22.5. The summed E-state index contributed by atoms with van der Waals surface area (Å²) in [5, 5.41) is 6.91. The molecule has 34 heavy (non-hydrogen) atoms. The van der Waals surface area contributed by atoms with Crippen molar-refractivity contribution in [3.8, 4) is 0 Å². The van der Waals surface area contributed by atoms with Gasteiger partial charge in [-0.2, -0.15) is 0 Å². The Hall–Kier alpha value is -3.61. The lowest BCUT2D eigenvalue weighted by Gasteiger charge is -2.32. The van der Waals surface area contributed by atoms with Gasteiger partial charge in [0.05, 0.1) is 17.0 Å². The van der Waals surface area contributed by atoms with E-state index in [4.69, 9.17) is 11.6 Å². The molecule has 0 aromatic heterocycles. The number of benzene rings is 3. The summed E-state index contributed by atoms with van der Waals surface area (Å²) >= 11 is 6.13. The summed E-state index contributed by atoms with van der Waals surface area (Å²) in [7, 11) is 2.07. The molecule has 0 spiro atoms. The predicted molar refractivity (Wildman–Crippen MR) is 137 cm³/mol. The summed E-state index contributed by atoms with van der Waals surface area (Å²) in [4.78, 5) is 30.0. The fraction of sp³-hybridized carbons (Fsp3) is 0.185. The highest BCUT2D eigenvalue weighted by molar-refractivity contribution is 6.38. The Morgan fingerprint density at radius 3 is 2.32 bits per heavy atom. The zero-order chi connectivity index (χ0) is 23.7. The Labute approximate surface area is 203 Å². The van der Waals surface area contributed by atoms with Gasteiger partial charge in [0.1, 0.15) is 0 Å². The van der Waals surface area contributed by atoms with E-state index in [0.717, 1.165) is 43.0 Å². The van der Waals surface area contributed by atoms with Crippen LogP contribution < -0.4 is 10.6 Å². The summed E-state index contributed by atoms with van der Waals surface area (Å²) in [6.45, 7) is 3.23. The van der Waals surface area contributed by atoms with Crippen LogP contribution >= 0.6 is 11.6 Å². The van der Waals surface area contributed by atoms with Gasteiger partial charge in [0.2, 0.25) is 0 Å². The van der Waals surface area contributed by atoms with Crippen molar-refractivity contribution in [1.29, 1.82) is 0 Å². The fourth-order valence-corrected chi connectivity index (χ4v) is 4.48. The van der Waals surface area contributed by atoms with Crippen molar-refractivity contribution in [2.75, 3.05) is 43.9 Å². The van der Waals surface area contributed by atoms with Gasteiger partial charge in [-0.1, -0.05) is 48.0 Å². The SMILES string of the molecule is CN1CCN(C(=O)c2ccc(NC(=C3C(=O)Nc4cc(Cl)ccc43)c3ccccc3)cc2)CC1. The van der Waals surface area contributed by atoms with Gasteiger partial charge in [0.15, 0.2) is 0 Å². The highest BCUT2D eigenvalue weighted by Crippen LogP contribution is 2.38. The Balaban J connectivity index is 1.46. The monoisotopic (exact) mass is 472 g/mol. The molecular weight excluding hydrogens is 448 g/mol. The summed E-state index contributed by atoms with van der Waals surface area (Å²) in [5.41, 5.74) is 5.05. The summed E-state index contributed by atoms with van der Waals surface area (Å²) < 4.78 is 0. The Morgan fingerprint density at radius 2 is 1.62 bits per heavy atom. The standard InChI is InChI=1S/C27H25ClN4O2/c1-31-13-15-32(16-14-31)27(34)19-7-10-21(11-8-19)29-25(18-5-3-2-4-6-18)24-22-12-9-20(28)17-23(22)30-26(24)33/h2-12,17,29H,13-16H2,1H3,(H,30,33). The molecule has 2 aliphatic rings. The maximum atomic E-state index is 13.0. The molecule has 3 aromatic carbocycles. The predicted octanol–water partition coefficient (Wildman–Crippen LogP) is 4.66. The van der Waals surface area contributed by atoms with Crippen molar-refractivity contribution in [3.63, 3.8) is 0 Å². The first-order valence-electron chi connectivity index (χ1n) is 11.3. The van der Waals surface area contributed by atoms with Crippen molar-refractivity contribution < 1.29 is 9.59 Å². The van der Waals surface area contributed by atoms with Crippen LogP contribution in [0.2, 0.25) is 5.02 Å². The van der Waals surface area contributed by atoms with E-state index in [1.165, 1.54) is 0 Å². The molecule has 0 unspecified atom stereocenters. The van der Waals surface area contributed by atoms with Gasteiger partial charge in [0.25, 0.3) is 11.8 Å². The normalized spacial score (nSPS) is 17.2. The van der Waals surface area contributed by atoms with Crippen LogP contribution in [0.1, 0.15) is 21.5 Å². The van der Waals surface area contributed by atoms with E-state index >= 15 is 0 Å². The van der Waals surface area contributed by atoms with E-state index in [9.17, 15) is 9.59 Å². The third kappa shape index (κ3) is 4.42. The molecule has 2 N–H and O–H groups in total. The number of rotatable bonds is 4. The van der Waals surface area contributed by atoms with Gasteiger partial charge < -0.3 is 20.4 Å². The molecule has 0 radical (unpaired) electrons. The highest BCUT2D eigenvalue weighted by atomic mass is 35.5. The lowest BCUT2D eigenvalue weighted by Crippen LogP contribution is -2.47. The number of nitrogens with zero attached hydrogens (tertiary/aromatic N) is 2. The summed E-state index contributed by atoms with van der Waals surface area (Å²) in [5.74, 6) is -0.146. The molecule has 2 amide bonds. The average molecular weight is 473 g/mol. The Kier molecular flexibility index (Phi) is 6.09. The van der Waals surface area contributed by atoms with Gasteiger partial charge in [-0.25, -0.2) is 0 Å². The zero-order valence-electron chi connectivity index (χ0n) is 18.8. The number of hydrogen-bond donors (Lipinski definition) is 2. The van der Waals surface area contributed by atoms with Crippen LogP contribution in [0.15, 0.2) is 72.8 Å². The molecule has 172 valence electrons. The van der Waals surface area contributed by atoms with Gasteiger partial charge in [-0.3, -0.25) is 9.59 Å². The third-order valence-corrected chi connectivity index (χ3v) is 6.47. The van der Waals surface area contributed by atoms with Gasteiger partial charge >= 0.3 is 0 Å². The number of piperazine rings is 1. The number of likely N-dealkylation sites (N-methyl/N-ethyl adjacent to an activating group) is 1. The molecule has 5 rings (SSSR count). The number of halogens is 1. The molecule has 3 aromatic rings. The first kappa shape index (κ1) is 22.2. The molecule has 1 fully saturated rings. The van der Waals surface area contributed by atoms with Gasteiger partial charge in [-0.05, 0) is 49.0 Å². The number of carbonyl (C=O) groups is 2. The molecule has 2 heterocycles. The minimum absolute atomic E-state index is 0.0438. The van der Waals surface area contributed by atoms with Crippen molar-refractivity contribution in [3.05, 3.63) is 94.5 Å². The Morgan fingerprint density at radius 1 is 0.912 bits per heavy atom. The minimum Gasteiger partial charge on any atom is -0.354 e. The lowest BCUT2D eigenvalue weighted by molar-refractivity contribution is -0.110. The molecular formula is C27H25ClN4O2. The molecule has 0 atom stereocenters. The second-order valence-corrected chi connectivity index (χ2v) is 8.99. The lowest BCUT2D eigenvalue weighted by atomic mass is 10.00. The van der Waals surface area contributed by atoms with E-state index in [1.54, 1.807) is 12.1 Å². The maximum absolute atomic E-state index is 13.0. The first-order valence-corrected chi connectivity index (χ1v) is 11.6. The van der Waals surface area contributed by atoms with Crippen LogP contribution in [0.5, 0.6) is 0 Å². The zero-order valence-corrected chi connectivity index (χ0v) is 19.6. The van der Waals surface area contributed by atoms with E-state index in [-0.39, 0.29) is 11.8 Å². The molecule has 2 aliphatic heterocycles. The van der Waals surface area contributed by atoms with E-state index in [0.29, 0.717) is 27.5 Å². The van der Waals surface area contributed by atoms with Crippen LogP contribution in [0.4, 0.5) is 11.4 Å². The average Bonchev–Trinajstić information content (AvgIpc) is 3.18. The Bertz CT molecular complexity index is 1260. The topological polar surface area (TPSA) is 64.7 Å². The maximum Gasteiger partial charge on any atom is 0.258 e. The number of anilines is 2. The second kappa shape index (κ2) is 9.33. The highest BCUT2D eigenvalue weighted by Gasteiger charge is 2.28. The molecule has 6 nitrogen and oxygen atoms in total. The molecule has 0 saturated carbocycles. The molecule has 0 bridgehead atoms. The van der Waals surface area contributed by atoms with E-state index in [2.05, 4.69) is 22.6 Å². The second-order valence-electron chi connectivity index (χ2n) is 8.56. The molecule has 7 heteroatoms. The van der Waals surface area contributed by atoms with Gasteiger partial charge in [-0.15, -0.1) is 0 Å². The third-order valence-electron chi connectivity index (χ3n) is 6.23. The van der Waals surface area contributed by atoms with Crippen LogP contribution in [0, 0.1) is 0 Å². The summed E-state index contributed by atoms with van der Waals surface area (Å²) in [6.07, 6.45) is 0. The van der Waals surface area contributed by atoms with Crippen molar-refractivity contribution in [1.82, 2.24) is 9.80 Å². The number of carbonyl (C=O) groups excluding carboxylic acids is 2. The van der Waals surface area contributed by atoms with Crippen molar-refractivity contribution >= 4 is 46.1 Å². The van der Waals surface area contributed by atoms with Crippen molar-refractivity contribution in [2.24, 2.45) is 0 Å². The van der Waals surface area contributed by atoms with Crippen LogP contribution in [-0.4, -0.2) is 54.8 Å². The quantitative estimate of drug-likeness (QED) is 0.542. The largest absolute Gasteiger partial charge is 0.354 e. The molecule has 0 aliphatic carbocycles. The van der Waals surface area contributed by atoms with Crippen LogP contribution in [0.3, 0.4) is 0 Å². The van der Waals surface area contributed by atoms with Crippen LogP contribution in [0.25, 0.3) is 11.3 Å². The van der Waals surface area contributed by atoms with E-state index < -0.39 is 0 Å². The van der Waals surface area contributed by atoms with Crippen molar-refractivity contribution in [2.45, 2.75) is 0 Å². The first-order chi connectivity index (χ1) is 16.5. The molecule has 1 saturated heterocycles. The van der Waals surface area contributed by atoms with Gasteiger partial charge in [0, 0.05) is 48.0 Å². The number of hydrogen-bond acceptors (Lipinski definition) is 4. The number of fused-ring (bicyclic) bond motifs is 1. The van der Waals surface area contributed by atoms with Crippen LogP contribution in [-0.2, 0) is 4.79 Å².